The molecule has 4 aliphatic heterocycles. The van der Waals surface area contributed by atoms with E-state index in [1.165, 1.54) is 0 Å². The second-order valence-corrected chi connectivity index (χ2v) is 16.9. The molecule has 8 heterocycles. The Balaban J connectivity index is 0.000000180. The Kier molecular flexibility index (Phi) is 13.8. The van der Waals surface area contributed by atoms with E-state index < -0.39 is 35.1 Å². The summed E-state index contributed by atoms with van der Waals surface area (Å²) in [5, 5.41) is 1.97. The summed E-state index contributed by atoms with van der Waals surface area (Å²) in [4.78, 5) is 102. The first-order valence-corrected chi connectivity index (χ1v) is 23.4. The zero-order valence-electron chi connectivity index (χ0n) is 39.3. The Hall–Kier alpha value is -7.62. The quantitative estimate of drug-likeness (QED) is 0.0383. The minimum absolute atomic E-state index is 0.0105. The number of carbonyl (C=O) groups excluding carboxylic acids is 5. The molecule has 0 saturated carbocycles. The van der Waals surface area contributed by atoms with E-state index in [9.17, 15) is 33.6 Å². The summed E-state index contributed by atoms with van der Waals surface area (Å²) in [6.45, 7) is 7.89. The summed E-state index contributed by atoms with van der Waals surface area (Å²) in [5.41, 5.74) is 3.54. The van der Waals surface area contributed by atoms with Crippen molar-refractivity contribution in [3.63, 3.8) is 0 Å². The van der Waals surface area contributed by atoms with Crippen molar-refractivity contribution < 1.29 is 42.9 Å². The van der Waals surface area contributed by atoms with Crippen LogP contribution in [0.15, 0.2) is 87.4 Å². The van der Waals surface area contributed by atoms with Crippen LogP contribution in [0.3, 0.4) is 0 Å². The fourth-order valence-corrected chi connectivity index (χ4v) is 9.45. The molecule has 10 rings (SSSR count). The van der Waals surface area contributed by atoms with Gasteiger partial charge in [-0.1, -0.05) is 64.1 Å². The van der Waals surface area contributed by atoms with Crippen molar-refractivity contribution in [3.05, 3.63) is 127 Å². The van der Waals surface area contributed by atoms with Crippen LogP contribution in [-0.4, -0.2) is 62.5 Å². The molecular weight excluding hydrogens is 883 g/mol. The molecule has 0 N–H and O–H groups in total. The molecule has 69 heavy (non-hydrogen) atoms. The van der Waals surface area contributed by atoms with Crippen LogP contribution in [0.2, 0.25) is 0 Å². The van der Waals surface area contributed by atoms with Crippen molar-refractivity contribution in [3.8, 4) is 22.8 Å². The highest BCUT2D eigenvalue weighted by Crippen LogP contribution is 2.43. The van der Waals surface area contributed by atoms with Crippen molar-refractivity contribution in [2.45, 2.75) is 117 Å². The Morgan fingerprint density at radius 3 is 1.54 bits per heavy atom. The van der Waals surface area contributed by atoms with E-state index in [0.717, 1.165) is 39.2 Å². The lowest BCUT2D eigenvalue weighted by Gasteiger charge is -2.35. The summed E-state index contributed by atoms with van der Waals surface area (Å²) in [7, 11) is 1.67. The van der Waals surface area contributed by atoms with E-state index in [0.29, 0.717) is 77.4 Å². The Labute approximate surface area is 397 Å². The number of carbonyl (C=O) groups is 5. The molecule has 0 bridgehead atoms. The van der Waals surface area contributed by atoms with E-state index in [1.807, 2.05) is 74.5 Å². The number of hydrogen-bond donors (Lipinski definition) is 0. The Morgan fingerprint density at radius 2 is 1.12 bits per heavy atom. The molecular formula is C53H53N5O11. The third kappa shape index (κ3) is 8.52. The fraction of sp³-hybridized carbons (Fsp3) is 0.358. The number of pyridine rings is 4. The second-order valence-electron chi connectivity index (χ2n) is 16.9. The monoisotopic (exact) mass is 935 g/mol. The number of hydrogen-bond acceptors (Lipinski definition) is 14. The highest BCUT2D eigenvalue weighted by molar-refractivity contribution is 5.90. The number of aliphatic imine (C=N–C) groups is 1. The van der Waals surface area contributed by atoms with Gasteiger partial charge < -0.3 is 37.9 Å². The van der Waals surface area contributed by atoms with Gasteiger partial charge in [-0.2, -0.15) is 0 Å². The lowest BCUT2D eigenvalue weighted by Crippen LogP contribution is -2.47. The number of aldehydes is 1. The number of aromatic nitrogens is 4. The zero-order valence-corrected chi connectivity index (χ0v) is 39.3. The molecule has 2 aromatic carbocycles. The molecule has 0 radical (unpaired) electrons. The number of unbranched alkanes of at least 4 members (excludes halogenated alkanes) is 2. The standard InChI is InChI=1S/C26H25N3O5.C25H22N2O6.C2H6/c1-3-26(34-22(30)10-6-7-11-27-2)19-13-21-23-17(12-16-8-4-5-9-20(16)28-23)14-29(21)24(31)18(19)15-33-25(26)32;1-2-25(33-21(29)9-5-6-10-28)18-12-20-22-16(11-15-7-3-4-8-19(15)26-22)13-27(20)23(30)17(18)14-32-24(25)31;1-2/h4-5,8-9,11-13H,3,6-7,10,14-15H2,1-2H3;3-4,7-8,10-12H,2,5-6,9,13-14H2,1H3;1-2H3/t26-;25-;/m00./s1. The zero-order chi connectivity index (χ0) is 49.0. The van der Waals surface area contributed by atoms with Crippen LogP contribution in [-0.2, 0) is 80.4 Å². The number of benzene rings is 2. The first-order chi connectivity index (χ1) is 33.5. The van der Waals surface area contributed by atoms with E-state index in [4.69, 9.17) is 28.9 Å². The molecule has 4 aromatic heterocycles. The minimum Gasteiger partial charge on any atom is -0.457 e. The van der Waals surface area contributed by atoms with Crippen LogP contribution >= 0.6 is 0 Å². The second kappa shape index (κ2) is 19.9. The molecule has 2 atom stereocenters. The molecule has 0 saturated heterocycles. The highest BCUT2D eigenvalue weighted by atomic mass is 16.6. The van der Waals surface area contributed by atoms with Crippen LogP contribution in [0.4, 0.5) is 0 Å². The van der Waals surface area contributed by atoms with Gasteiger partial charge in [-0.25, -0.2) is 19.6 Å². The van der Waals surface area contributed by atoms with Gasteiger partial charge in [-0.05, 0) is 74.7 Å². The number of fused-ring (bicyclic) bond motifs is 10. The predicted molar refractivity (Wildman–Crippen MR) is 256 cm³/mol. The smallest absolute Gasteiger partial charge is 0.355 e. The SMILES string of the molecule is CC.CC[C@@]1(OC(=O)CCCC=NC)C(=O)OCc2c1cc1n(c2=O)Cc2cc3ccccc3nc2-1.CC[C@@]1(OC(=O)CCCC=O)C(=O)OCc2c1cc1n(c2=O)Cc2cc3ccccc3nc2-1. The minimum atomic E-state index is -1.71. The van der Waals surface area contributed by atoms with Crippen molar-refractivity contribution in [2.75, 3.05) is 7.05 Å². The molecule has 0 fully saturated rings. The molecule has 16 nitrogen and oxygen atoms in total. The lowest BCUT2D eigenvalue weighted by atomic mass is 9.85. The number of rotatable bonds is 12. The number of para-hydroxylation sites is 2. The third-order valence-corrected chi connectivity index (χ3v) is 12.9. The summed E-state index contributed by atoms with van der Waals surface area (Å²) in [6.07, 6.45) is 4.58. The first kappa shape index (κ1) is 47.9. The summed E-state index contributed by atoms with van der Waals surface area (Å²) in [5.74, 6) is -2.48. The largest absolute Gasteiger partial charge is 0.457 e. The van der Waals surface area contributed by atoms with Gasteiger partial charge in [-0.3, -0.25) is 19.2 Å². The van der Waals surface area contributed by atoms with E-state index in [-0.39, 0.29) is 56.4 Å². The van der Waals surface area contributed by atoms with E-state index >= 15 is 0 Å². The number of esters is 4. The van der Waals surface area contributed by atoms with Gasteiger partial charge >= 0.3 is 23.9 Å². The molecule has 6 aromatic rings. The average molecular weight is 936 g/mol. The Morgan fingerprint density at radius 1 is 0.681 bits per heavy atom. The normalized spacial score (nSPS) is 17.9. The van der Waals surface area contributed by atoms with Crippen LogP contribution in [0.25, 0.3) is 44.6 Å². The summed E-state index contributed by atoms with van der Waals surface area (Å²) >= 11 is 0. The molecule has 0 aliphatic carbocycles. The first-order valence-electron chi connectivity index (χ1n) is 23.4. The topological polar surface area (TPSA) is 204 Å². The number of ether oxygens (including phenoxy) is 4. The molecule has 4 aliphatic rings. The number of cyclic esters (lactones) is 2. The highest BCUT2D eigenvalue weighted by Gasteiger charge is 2.52. The van der Waals surface area contributed by atoms with Gasteiger partial charge in [0.05, 0.1) is 58.0 Å². The van der Waals surface area contributed by atoms with Crippen LogP contribution in [0, 0.1) is 0 Å². The molecule has 0 unspecified atom stereocenters. The maximum absolute atomic E-state index is 13.5. The van der Waals surface area contributed by atoms with Crippen LogP contribution < -0.4 is 11.1 Å². The van der Waals surface area contributed by atoms with Crippen molar-refractivity contribution >= 4 is 58.2 Å². The van der Waals surface area contributed by atoms with Crippen molar-refractivity contribution in [1.29, 1.82) is 0 Å². The van der Waals surface area contributed by atoms with Gasteiger partial charge in [0.2, 0.25) is 11.2 Å². The van der Waals surface area contributed by atoms with Gasteiger partial charge in [0.15, 0.2) is 0 Å². The lowest BCUT2D eigenvalue weighted by molar-refractivity contribution is -0.189. The summed E-state index contributed by atoms with van der Waals surface area (Å²) < 4.78 is 25.4. The maximum Gasteiger partial charge on any atom is 0.355 e. The van der Waals surface area contributed by atoms with Gasteiger partial charge in [0.25, 0.3) is 11.1 Å². The Bertz CT molecular complexity index is 3210. The van der Waals surface area contributed by atoms with E-state index in [2.05, 4.69) is 4.99 Å². The van der Waals surface area contributed by atoms with Crippen LogP contribution in [0.5, 0.6) is 0 Å². The third-order valence-electron chi connectivity index (χ3n) is 12.9. The number of nitrogens with zero attached hydrogens (tertiary/aromatic N) is 5. The molecule has 16 heteroatoms. The van der Waals surface area contributed by atoms with Gasteiger partial charge in [-0.15, -0.1) is 0 Å². The maximum atomic E-state index is 13.5. The average Bonchev–Trinajstić information content (AvgIpc) is 3.91. The van der Waals surface area contributed by atoms with Crippen molar-refractivity contribution in [1.82, 2.24) is 19.1 Å². The van der Waals surface area contributed by atoms with Crippen molar-refractivity contribution in [2.24, 2.45) is 4.99 Å². The molecule has 0 amide bonds. The molecule has 356 valence electrons. The van der Waals surface area contributed by atoms with E-state index in [1.54, 1.807) is 48.4 Å². The summed E-state index contributed by atoms with van der Waals surface area (Å²) in [6, 6.07) is 23.1. The van der Waals surface area contributed by atoms with Gasteiger partial charge in [0, 0.05) is 59.3 Å². The van der Waals surface area contributed by atoms with Gasteiger partial charge in [0.1, 0.15) is 19.5 Å². The fourth-order valence-electron chi connectivity index (χ4n) is 9.45. The molecule has 0 spiro atoms. The van der Waals surface area contributed by atoms with Crippen LogP contribution in [0.1, 0.15) is 112 Å². The predicted octanol–water partition coefficient (Wildman–Crippen LogP) is 7.53.